The van der Waals surface area contributed by atoms with Crippen molar-refractivity contribution in [1.29, 1.82) is 0 Å². The van der Waals surface area contributed by atoms with Gasteiger partial charge in [0.15, 0.2) is 0 Å². The van der Waals surface area contributed by atoms with Crippen LogP contribution in [0, 0.1) is 5.82 Å². The van der Waals surface area contributed by atoms with E-state index in [9.17, 15) is 9.18 Å². The Labute approximate surface area is 101 Å². The Morgan fingerprint density at radius 1 is 1.38 bits per heavy atom. The van der Waals surface area contributed by atoms with Gasteiger partial charge in [-0.2, -0.15) is 0 Å². The molecule has 1 rings (SSSR count). The summed E-state index contributed by atoms with van der Waals surface area (Å²) in [6.45, 7) is 2.10. The van der Waals surface area contributed by atoms with Gasteiger partial charge in [-0.3, -0.25) is 4.79 Å². The van der Waals surface area contributed by atoms with E-state index in [1.165, 1.54) is 12.1 Å². The number of unbranched alkanes of at least 4 members (excludes halogenated alkanes) is 2. The molecule has 0 aliphatic heterocycles. The van der Waals surface area contributed by atoms with Crippen LogP contribution in [-0.4, -0.2) is 5.78 Å². The number of halogens is 2. The van der Waals surface area contributed by atoms with E-state index in [1.54, 1.807) is 6.07 Å². The summed E-state index contributed by atoms with van der Waals surface area (Å²) in [5, 5.41) is 0.0992. The van der Waals surface area contributed by atoms with Crippen LogP contribution in [0.4, 0.5) is 4.39 Å². The molecule has 16 heavy (non-hydrogen) atoms. The number of hydrogen-bond acceptors (Lipinski definition) is 1. The molecule has 1 aromatic carbocycles. The quantitative estimate of drug-likeness (QED) is 0.685. The molecule has 0 aromatic heterocycles. The third-order valence-electron chi connectivity index (χ3n) is 2.44. The normalized spacial score (nSPS) is 10.4. The number of ketones is 1. The average Bonchev–Trinajstić information content (AvgIpc) is 2.24. The fraction of sp³-hybridized carbons (Fsp3) is 0.462. The molecule has 0 aliphatic carbocycles. The van der Waals surface area contributed by atoms with Crippen molar-refractivity contribution in [3.8, 4) is 0 Å². The Hall–Kier alpha value is -0.890. The average molecular weight is 243 g/mol. The minimum Gasteiger partial charge on any atom is -0.299 e. The van der Waals surface area contributed by atoms with E-state index in [1.807, 2.05) is 0 Å². The maximum absolute atomic E-state index is 13.1. The van der Waals surface area contributed by atoms with Crippen molar-refractivity contribution in [1.82, 2.24) is 0 Å². The molecule has 1 aromatic rings. The molecule has 0 fully saturated rings. The number of rotatable bonds is 6. The Morgan fingerprint density at radius 3 is 2.75 bits per heavy atom. The maximum Gasteiger partial charge on any atom is 0.142 e. The minimum atomic E-state index is -0.458. The van der Waals surface area contributed by atoms with Gasteiger partial charge in [-0.1, -0.05) is 37.4 Å². The second-order valence-electron chi connectivity index (χ2n) is 3.92. The van der Waals surface area contributed by atoms with Crippen molar-refractivity contribution >= 4 is 17.4 Å². The standard InChI is InChI=1S/C13H16ClFO/c1-2-3-4-5-11(16)8-10-6-7-12(14)13(15)9-10/h6-7,9H,2-5,8H2,1H3. The van der Waals surface area contributed by atoms with Gasteiger partial charge in [0.25, 0.3) is 0 Å². The van der Waals surface area contributed by atoms with Gasteiger partial charge in [-0.25, -0.2) is 4.39 Å². The van der Waals surface area contributed by atoms with Gasteiger partial charge in [0.05, 0.1) is 5.02 Å². The van der Waals surface area contributed by atoms with Gasteiger partial charge in [-0.05, 0) is 24.1 Å². The first kappa shape index (κ1) is 13.2. The van der Waals surface area contributed by atoms with Crippen LogP contribution in [0.3, 0.4) is 0 Å². The van der Waals surface area contributed by atoms with Gasteiger partial charge >= 0.3 is 0 Å². The number of Topliss-reactive ketones (excluding diaryl/α,β-unsaturated/α-hetero) is 1. The molecular formula is C13H16ClFO. The lowest BCUT2D eigenvalue weighted by Gasteiger charge is -2.02. The summed E-state index contributed by atoms with van der Waals surface area (Å²) in [7, 11) is 0. The SMILES string of the molecule is CCCCCC(=O)Cc1ccc(Cl)c(F)c1. The molecule has 0 aliphatic rings. The monoisotopic (exact) mass is 242 g/mol. The highest BCUT2D eigenvalue weighted by molar-refractivity contribution is 6.30. The summed E-state index contributed by atoms with van der Waals surface area (Å²) in [6, 6.07) is 4.52. The van der Waals surface area contributed by atoms with E-state index in [2.05, 4.69) is 6.92 Å². The molecule has 0 spiro atoms. The first-order valence-electron chi connectivity index (χ1n) is 5.59. The zero-order valence-corrected chi connectivity index (χ0v) is 10.2. The van der Waals surface area contributed by atoms with Crippen molar-refractivity contribution < 1.29 is 9.18 Å². The molecule has 0 heterocycles. The predicted molar refractivity (Wildman–Crippen MR) is 64.3 cm³/mol. The van der Waals surface area contributed by atoms with E-state index in [-0.39, 0.29) is 10.8 Å². The zero-order chi connectivity index (χ0) is 12.0. The highest BCUT2D eigenvalue weighted by Crippen LogP contribution is 2.16. The smallest absolute Gasteiger partial charge is 0.142 e. The van der Waals surface area contributed by atoms with Gasteiger partial charge in [0.1, 0.15) is 11.6 Å². The first-order valence-corrected chi connectivity index (χ1v) is 5.97. The van der Waals surface area contributed by atoms with Crippen molar-refractivity contribution in [2.24, 2.45) is 0 Å². The van der Waals surface area contributed by atoms with Gasteiger partial charge < -0.3 is 0 Å². The Bertz CT molecular complexity index is 363. The van der Waals surface area contributed by atoms with Gasteiger partial charge in [0, 0.05) is 12.8 Å². The molecular weight excluding hydrogens is 227 g/mol. The van der Waals surface area contributed by atoms with Crippen LogP contribution in [0.5, 0.6) is 0 Å². The van der Waals surface area contributed by atoms with E-state index in [0.717, 1.165) is 19.3 Å². The van der Waals surface area contributed by atoms with Crippen LogP contribution in [-0.2, 0) is 11.2 Å². The largest absolute Gasteiger partial charge is 0.299 e. The molecule has 0 atom stereocenters. The number of hydrogen-bond donors (Lipinski definition) is 0. The van der Waals surface area contributed by atoms with Crippen LogP contribution in [0.2, 0.25) is 5.02 Å². The van der Waals surface area contributed by atoms with Crippen LogP contribution in [0.15, 0.2) is 18.2 Å². The Morgan fingerprint density at radius 2 is 2.12 bits per heavy atom. The molecule has 0 saturated heterocycles. The molecule has 0 unspecified atom stereocenters. The van der Waals surface area contributed by atoms with Gasteiger partial charge in [-0.15, -0.1) is 0 Å². The summed E-state index contributed by atoms with van der Waals surface area (Å²) in [6.07, 6.45) is 3.98. The third-order valence-corrected chi connectivity index (χ3v) is 2.75. The van der Waals surface area contributed by atoms with Gasteiger partial charge in [0.2, 0.25) is 0 Å². The number of carbonyl (C=O) groups is 1. The second-order valence-corrected chi connectivity index (χ2v) is 4.33. The number of carbonyl (C=O) groups excluding carboxylic acids is 1. The van der Waals surface area contributed by atoms with E-state index < -0.39 is 5.82 Å². The molecule has 88 valence electrons. The lowest BCUT2D eigenvalue weighted by Crippen LogP contribution is -2.02. The maximum atomic E-state index is 13.1. The zero-order valence-electron chi connectivity index (χ0n) is 9.43. The Kier molecular flexibility index (Phi) is 5.47. The van der Waals surface area contributed by atoms with Crippen molar-refractivity contribution in [2.75, 3.05) is 0 Å². The molecule has 0 radical (unpaired) electrons. The fourth-order valence-electron chi connectivity index (χ4n) is 1.54. The second kappa shape index (κ2) is 6.64. The summed E-state index contributed by atoms with van der Waals surface area (Å²) in [5.41, 5.74) is 0.698. The summed E-state index contributed by atoms with van der Waals surface area (Å²) < 4.78 is 13.1. The summed E-state index contributed by atoms with van der Waals surface area (Å²) >= 11 is 5.56. The molecule has 3 heteroatoms. The minimum absolute atomic E-state index is 0.0992. The third kappa shape index (κ3) is 4.31. The van der Waals surface area contributed by atoms with E-state index in [0.29, 0.717) is 18.4 Å². The lowest BCUT2D eigenvalue weighted by molar-refractivity contribution is -0.118. The predicted octanol–water partition coefficient (Wildman–Crippen LogP) is 4.17. The highest BCUT2D eigenvalue weighted by Gasteiger charge is 2.06. The topological polar surface area (TPSA) is 17.1 Å². The molecule has 0 saturated carbocycles. The molecule has 0 bridgehead atoms. The van der Waals surface area contributed by atoms with Crippen molar-refractivity contribution in [3.05, 3.63) is 34.6 Å². The van der Waals surface area contributed by atoms with Crippen LogP contribution >= 0.6 is 11.6 Å². The molecule has 0 N–H and O–H groups in total. The first-order chi connectivity index (χ1) is 7.63. The van der Waals surface area contributed by atoms with Crippen LogP contribution in [0.1, 0.15) is 38.2 Å². The lowest BCUT2D eigenvalue weighted by atomic mass is 10.0. The molecule has 1 nitrogen and oxygen atoms in total. The Balaban J connectivity index is 2.46. The number of benzene rings is 1. The molecule has 0 amide bonds. The highest BCUT2D eigenvalue weighted by atomic mass is 35.5. The van der Waals surface area contributed by atoms with E-state index >= 15 is 0 Å². The summed E-state index contributed by atoms with van der Waals surface area (Å²) in [4.78, 5) is 11.5. The van der Waals surface area contributed by atoms with Crippen LogP contribution in [0.25, 0.3) is 0 Å². The van der Waals surface area contributed by atoms with Crippen molar-refractivity contribution in [2.45, 2.75) is 39.0 Å². The fourth-order valence-corrected chi connectivity index (χ4v) is 1.66. The summed E-state index contributed by atoms with van der Waals surface area (Å²) in [5.74, 6) is -0.296. The van der Waals surface area contributed by atoms with E-state index in [4.69, 9.17) is 11.6 Å². The van der Waals surface area contributed by atoms with Crippen molar-refractivity contribution in [3.63, 3.8) is 0 Å². The van der Waals surface area contributed by atoms with Crippen LogP contribution < -0.4 is 0 Å².